The highest BCUT2D eigenvalue weighted by molar-refractivity contribution is 5.80. The van der Waals surface area contributed by atoms with Crippen LogP contribution < -0.4 is 10.6 Å². The Bertz CT molecular complexity index is 122. The molecule has 1 aliphatic heterocycles. The van der Waals surface area contributed by atoms with E-state index >= 15 is 0 Å². The second-order valence-corrected chi connectivity index (χ2v) is 2.63. The number of carbonyl (C=O) groups excluding carboxylic acids is 1. The minimum Gasteiger partial charge on any atom is -0.314 e. The molecule has 0 unspecified atom stereocenters. The fourth-order valence-electron chi connectivity index (χ4n) is 0.816. The molecule has 1 rings (SSSR count). The van der Waals surface area contributed by atoms with Crippen LogP contribution in [-0.4, -0.2) is 31.5 Å². The van der Waals surface area contributed by atoms with Gasteiger partial charge in [0.15, 0.2) is 0 Å². The van der Waals surface area contributed by atoms with Crippen molar-refractivity contribution in [2.75, 3.05) is 19.6 Å². The van der Waals surface area contributed by atoms with Crippen LogP contribution in [-0.2, 0) is 4.79 Å². The van der Waals surface area contributed by atoms with Gasteiger partial charge in [0.2, 0.25) is 0 Å². The molecular formula is C9H20N2O. The van der Waals surface area contributed by atoms with Crippen LogP contribution in [0.3, 0.4) is 0 Å². The van der Waals surface area contributed by atoms with Crippen LogP contribution in [0.1, 0.15) is 27.2 Å². The fraction of sp³-hybridized carbons (Fsp3) is 0.889. The molecule has 3 heteroatoms. The monoisotopic (exact) mass is 172 g/mol. The van der Waals surface area contributed by atoms with E-state index in [9.17, 15) is 4.79 Å². The Morgan fingerprint density at radius 1 is 1.50 bits per heavy atom. The highest BCUT2D eigenvalue weighted by Gasteiger charge is 2.15. The van der Waals surface area contributed by atoms with Gasteiger partial charge in [0.1, 0.15) is 5.78 Å². The Morgan fingerprint density at radius 3 is 2.42 bits per heavy atom. The van der Waals surface area contributed by atoms with Crippen molar-refractivity contribution in [3.05, 3.63) is 0 Å². The van der Waals surface area contributed by atoms with Gasteiger partial charge in [-0.3, -0.25) is 4.79 Å². The molecule has 2 N–H and O–H groups in total. The van der Waals surface area contributed by atoms with E-state index in [1.54, 1.807) is 0 Å². The van der Waals surface area contributed by atoms with Crippen LogP contribution in [0, 0.1) is 0 Å². The molecule has 1 heterocycles. The van der Waals surface area contributed by atoms with E-state index in [4.69, 9.17) is 0 Å². The van der Waals surface area contributed by atoms with Gasteiger partial charge in [0.05, 0.1) is 6.54 Å². The summed E-state index contributed by atoms with van der Waals surface area (Å²) in [7, 11) is 0. The summed E-state index contributed by atoms with van der Waals surface area (Å²) in [5, 5.41) is 6.29. The van der Waals surface area contributed by atoms with E-state index < -0.39 is 0 Å². The maximum Gasteiger partial charge on any atom is 0.146 e. The van der Waals surface area contributed by atoms with Gasteiger partial charge in [0, 0.05) is 25.6 Å². The maximum absolute atomic E-state index is 10.8. The van der Waals surface area contributed by atoms with Crippen LogP contribution in [0.2, 0.25) is 0 Å². The van der Waals surface area contributed by atoms with E-state index in [-0.39, 0.29) is 0 Å². The van der Waals surface area contributed by atoms with Crippen LogP contribution in [0.25, 0.3) is 0 Å². The van der Waals surface area contributed by atoms with Crippen LogP contribution >= 0.6 is 0 Å². The Morgan fingerprint density at radius 2 is 2.08 bits per heavy atom. The molecule has 0 radical (unpaired) electrons. The Kier molecular flexibility index (Phi) is 7.00. The molecule has 1 saturated heterocycles. The van der Waals surface area contributed by atoms with Crippen molar-refractivity contribution in [2.45, 2.75) is 33.2 Å². The van der Waals surface area contributed by atoms with E-state index in [0.717, 1.165) is 13.1 Å². The number of hydrogen-bond acceptors (Lipinski definition) is 3. The van der Waals surface area contributed by atoms with Crippen molar-refractivity contribution in [1.29, 1.82) is 0 Å². The molecule has 0 bridgehead atoms. The predicted molar refractivity (Wildman–Crippen MR) is 51.3 cm³/mol. The third kappa shape index (κ3) is 4.46. The summed E-state index contributed by atoms with van der Waals surface area (Å²) in [5.74, 6) is 0.298. The summed E-state index contributed by atoms with van der Waals surface area (Å²) in [6, 6.07) is 0.537. The number of hydrogen-bond donors (Lipinski definition) is 2. The van der Waals surface area contributed by atoms with Crippen molar-refractivity contribution >= 4 is 5.78 Å². The summed E-state index contributed by atoms with van der Waals surface area (Å²) in [5.41, 5.74) is 0. The lowest BCUT2D eigenvalue weighted by atomic mass is 10.2. The topological polar surface area (TPSA) is 41.1 Å². The smallest absolute Gasteiger partial charge is 0.146 e. The highest BCUT2D eigenvalue weighted by atomic mass is 16.1. The molecule has 0 spiro atoms. The first-order valence-corrected chi connectivity index (χ1v) is 4.78. The van der Waals surface area contributed by atoms with Crippen molar-refractivity contribution < 1.29 is 4.79 Å². The maximum atomic E-state index is 10.8. The molecule has 12 heavy (non-hydrogen) atoms. The third-order valence-corrected chi connectivity index (χ3v) is 1.76. The summed E-state index contributed by atoms with van der Waals surface area (Å²) in [6.45, 7) is 8.46. The minimum absolute atomic E-state index is 0.298. The van der Waals surface area contributed by atoms with Gasteiger partial charge < -0.3 is 10.6 Å². The minimum atomic E-state index is 0.298. The molecule has 3 nitrogen and oxygen atoms in total. The van der Waals surface area contributed by atoms with E-state index in [2.05, 4.69) is 10.6 Å². The number of rotatable bonds is 4. The third-order valence-electron chi connectivity index (χ3n) is 1.76. The van der Waals surface area contributed by atoms with Crippen LogP contribution in [0.15, 0.2) is 0 Å². The van der Waals surface area contributed by atoms with E-state index in [1.165, 1.54) is 0 Å². The SMILES string of the molecule is CC.CCC(=O)CNC1CNC1. The van der Waals surface area contributed by atoms with Crippen molar-refractivity contribution in [3.8, 4) is 0 Å². The summed E-state index contributed by atoms with van der Waals surface area (Å²) in [4.78, 5) is 10.8. The normalized spacial score (nSPS) is 15.9. The van der Waals surface area contributed by atoms with Crippen molar-refractivity contribution in [3.63, 3.8) is 0 Å². The van der Waals surface area contributed by atoms with Gasteiger partial charge in [-0.05, 0) is 0 Å². The van der Waals surface area contributed by atoms with Crippen molar-refractivity contribution in [1.82, 2.24) is 10.6 Å². The lowest BCUT2D eigenvalue weighted by molar-refractivity contribution is -0.118. The first-order valence-electron chi connectivity index (χ1n) is 4.78. The van der Waals surface area contributed by atoms with Gasteiger partial charge in [-0.2, -0.15) is 0 Å². The Hall–Kier alpha value is -0.410. The Labute approximate surface area is 74.9 Å². The van der Waals surface area contributed by atoms with Crippen molar-refractivity contribution in [2.24, 2.45) is 0 Å². The second-order valence-electron chi connectivity index (χ2n) is 2.63. The standard InChI is InChI=1S/C7H14N2O.C2H6/c1-2-7(10)5-9-6-3-8-4-6;1-2/h6,8-9H,2-5H2,1H3;1-2H3. The number of nitrogens with one attached hydrogen (secondary N) is 2. The number of Topliss-reactive ketones (excluding diaryl/α,β-unsaturated/α-hetero) is 1. The first-order chi connectivity index (χ1) is 5.83. The highest BCUT2D eigenvalue weighted by Crippen LogP contribution is 1.89. The van der Waals surface area contributed by atoms with E-state index in [1.807, 2.05) is 20.8 Å². The van der Waals surface area contributed by atoms with Crippen LogP contribution in [0.4, 0.5) is 0 Å². The Balaban J connectivity index is 0.000000561. The molecule has 0 aromatic heterocycles. The lowest BCUT2D eigenvalue weighted by Gasteiger charge is -2.27. The molecule has 0 aromatic rings. The molecule has 1 aliphatic rings. The largest absolute Gasteiger partial charge is 0.314 e. The zero-order chi connectivity index (χ0) is 9.40. The fourth-order valence-corrected chi connectivity index (χ4v) is 0.816. The predicted octanol–water partition coefficient (Wildman–Crippen LogP) is 0.553. The molecular weight excluding hydrogens is 152 g/mol. The summed E-state index contributed by atoms with van der Waals surface area (Å²) >= 11 is 0. The average molecular weight is 172 g/mol. The van der Waals surface area contributed by atoms with E-state index in [0.29, 0.717) is 24.8 Å². The summed E-state index contributed by atoms with van der Waals surface area (Å²) < 4.78 is 0. The van der Waals surface area contributed by atoms with Gasteiger partial charge >= 0.3 is 0 Å². The molecule has 0 aromatic carbocycles. The zero-order valence-electron chi connectivity index (χ0n) is 8.31. The molecule has 0 amide bonds. The molecule has 0 aliphatic carbocycles. The molecule has 1 fully saturated rings. The van der Waals surface area contributed by atoms with Gasteiger partial charge in [0.25, 0.3) is 0 Å². The van der Waals surface area contributed by atoms with Gasteiger partial charge in [-0.25, -0.2) is 0 Å². The summed E-state index contributed by atoms with van der Waals surface area (Å²) in [6.07, 6.45) is 0.646. The average Bonchev–Trinajstić information content (AvgIpc) is 2.05. The zero-order valence-corrected chi connectivity index (χ0v) is 8.31. The molecule has 0 atom stereocenters. The molecule has 72 valence electrons. The quantitative estimate of drug-likeness (QED) is 0.651. The van der Waals surface area contributed by atoms with Gasteiger partial charge in [-0.15, -0.1) is 0 Å². The number of carbonyl (C=O) groups is 1. The lowest BCUT2D eigenvalue weighted by Crippen LogP contribution is -2.56. The second kappa shape index (κ2) is 7.25. The van der Waals surface area contributed by atoms with Gasteiger partial charge in [-0.1, -0.05) is 20.8 Å². The first kappa shape index (κ1) is 11.6. The number of ketones is 1. The molecule has 0 saturated carbocycles. The van der Waals surface area contributed by atoms with Crippen LogP contribution in [0.5, 0.6) is 0 Å².